The first-order valence-electron chi connectivity index (χ1n) is 11.3. The molecule has 0 fully saturated rings. The average Bonchev–Trinajstić information content (AvgIpc) is 3.18. The fourth-order valence-electron chi connectivity index (χ4n) is 3.87. The summed E-state index contributed by atoms with van der Waals surface area (Å²) in [6.07, 6.45) is 0.0986. The maximum Gasteiger partial charge on any atom is 0.278 e. The van der Waals surface area contributed by atoms with Crippen LogP contribution in [0, 0.1) is 13.8 Å². The van der Waals surface area contributed by atoms with Crippen LogP contribution in [0.3, 0.4) is 0 Å². The van der Waals surface area contributed by atoms with E-state index in [0.29, 0.717) is 28.8 Å². The molecule has 2 aromatic carbocycles. The third kappa shape index (κ3) is 4.57. The van der Waals surface area contributed by atoms with Crippen LogP contribution in [-0.2, 0) is 11.3 Å². The molecule has 0 bridgehead atoms. The molecule has 1 unspecified atom stereocenters. The van der Waals surface area contributed by atoms with Crippen LogP contribution in [0.15, 0.2) is 59.4 Å². The van der Waals surface area contributed by atoms with E-state index in [1.807, 2.05) is 75.4 Å². The normalized spacial score (nSPS) is 12.2. The lowest BCUT2D eigenvalue weighted by Gasteiger charge is -2.15. The van der Waals surface area contributed by atoms with Gasteiger partial charge in [-0.25, -0.2) is 9.36 Å². The van der Waals surface area contributed by atoms with E-state index in [1.54, 1.807) is 18.5 Å². The number of aryl methyl sites for hydroxylation is 2. The Kier molecular flexibility index (Phi) is 6.49. The number of ether oxygens (including phenoxy) is 1. The molecular weight excluding hydrogens is 430 g/mol. The van der Waals surface area contributed by atoms with Crippen LogP contribution in [0.1, 0.15) is 43.8 Å². The van der Waals surface area contributed by atoms with Crippen LogP contribution in [0.2, 0.25) is 0 Å². The molecule has 8 heteroatoms. The Morgan fingerprint density at radius 1 is 1.00 bits per heavy atom. The second kappa shape index (κ2) is 9.51. The quantitative estimate of drug-likeness (QED) is 0.453. The molecule has 0 saturated carbocycles. The second-order valence-electron chi connectivity index (χ2n) is 8.60. The van der Waals surface area contributed by atoms with Crippen molar-refractivity contribution in [3.63, 3.8) is 0 Å². The van der Waals surface area contributed by atoms with Gasteiger partial charge >= 0.3 is 0 Å². The highest BCUT2D eigenvalue weighted by Gasteiger charge is 2.23. The van der Waals surface area contributed by atoms with Crippen LogP contribution >= 0.6 is 0 Å². The molecular formula is C26H29N5O3. The maximum atomic E-state index is 13.3. The minimum atomic E-state index is -0.779. The number of hydrogen-bond acceptors (Lipinski definition) is 5. The maximum absolute atomic E-state index is 13.3. The fourth-order valence-corrected chi connectivity index (χ4v) is 3.87. The number of fused-ring (bicyclic) bond motifs is 1. The second-order valence-corrected chi connectivity index (χ2v) is 8.60. The Bertz CT molecular complexity index is 1370. The SMILES string of the molecule is Cc1nn(C(C)C(=O)NCc2ccc(OC(C)C)cc2)c(=O)c2c(C)n(-c3ccccc3)nc12. The zero-order valence-corrected chi connectivity index (χ0v) is 20.1. The predicted molar refractivity (Wildman–Crippen MR) is 131 cm³/mol. The molecule has 0 aliphatic rings. The van der Waals surface area contributed by atoms with E-state index >= 15 is 0 Å². The van der Waals surface area contributed by atoms with Gasteiger partial charge in [0.15, 0.2) is 0 Å². The molecule has 1 atom stereocenters. The lowest BCUT2D eigenvalue weighted by atomic mass is 10.2. The van der Waals surface area contributed by atoms with Gasteiger partial charge in [0.25, 0.3) is 5.56 Å². The van der Waals surface area contributed by atoms with Crippen molar-refractivity contribution in [2.45, 2.75) is 53.3 Å². The van der Waals surface area contributed by atoms with Gasteiger partial charge in [-0.15, -0.1) is 0 Å². The Morgan fingerprint density at radius 2 is 1.68 bits per heavy atom. The van der Waals surface area contributed by atoms with Gasteiger partial charge in [0.05, 0.1) is 28.6 Å². The summed E-state index contributed by atoms with van der Waals surface area (Å²) < 4.78 is 8.63. The van der Waals surface area contributed by atoms with Gasteiger partial charge < -0.3 is 10.1 Å². The first kappa shape index (κ1) is 23.2. The molecule has 4 aromatic rings. The van der Waals surface area contributed by atoms with Crippen molar-refractivity contribution in [1.29, 1.82) is 0 Å². The van der Waals surface area contributed by atoms with Gasteiger partial charge in [0.2, 0.25) is 5.91 Å². The van der Waals surface area contributed by atoms with Crippen LogP contribution in [-0.4, -0.2) is 31.6 Å². The van der Waals surface area contributed by atoms with Gasteiger partial charge in [-0.3, -0.25) is 9.59 Å². The average molecular weight is 460 g/mol. The Labute approximate surface area is 198 Å². The van der Waals surface area contributed by atoms with Crippen molar-refractivity contribution in [2.24, 2.45) is 0 Å². The lowest BCUT2D eigenvalue weighted by Crippen LogP contribution is -2.37. The molecule has 1 N–H and O–H groups in total. The highest BCUT2D eigenvalue weighted by molar-refractivity contribution is 5.84. The first-order valence-corrected chi connectivity index (χ1v) is 11.3. The largest absolute Gasteiger partial charge is 0.491 e. The Hall–Kier alpha value is -3.94. The monoisotopic (exact) mass is 459 g/mol. The van der Waals surface area contributed by atoms with Crippen LogP contribution in [0.5, 0.6) is 5.75 Å². The van der Waals surface area contributed by atoms with E-state index in [0.717, 1.165) is 17.0 Å². The number of rotatable bonds is 7. The lowest BCUT2D eigenvalue weighted by molar-refractivity contribution is -0.124. The van der Waals surface area contributed by atoms with Crippen LogP contribution in [0.25, 0.3) is 16.6 Å². The van der Waals surface area contributed by atoms with Gasteiger partial charge in [0, 0.05) is 6.54 Å². The number of nitrogens with one attached hydrogen (secondary N) is 1. The number of aromatic nitrogens is 4. The number of amides is 1. The molecule has 4 rings (SSSR count). The number of hydrogen-bond donors (Lipinski definition) is 1. The highest BCUT2D eigenvalue weighted by atomic mass is 16.5. The molecule has 0 aliphatic carbocycles. The third-order valence-corrected chi connectivity index (χ3v) is 5.65. The van der Waals surface area contributed by atoms with E-state index in [9.17, 15) is 9.59 Å². The molecule has 2 aromatic heterocycles. The number of carbonyl (C=O) groups excluding carboxylic acids is 1. The van der Waals surface area contributed by atoms with Crippen molar-refractivity contribution >= 4 is 16.8 Å². The third-order valence-electron chi connectivity index (χ3n) is 5.65. The highest BCUT2D eigenvalue weighted by Crippen LogP contribution is 2.21. The van der Waals surface area contributed by atoms with Crippen molar-refractivity contribution in [3.8, 4) is 11.4 Å². The molecule has 8 nitrogen and oxygen atoms in total. The van der Waals surface area contributed by atoms with E-state index in [-0.39, 0.29) is 17.6 Å². The Balaban J connectivity index is 1.57. The number of benzene rings is 2. The van der Waals surface area contributed by atoms with Crippen molar-refractivity contribution in [2.75, 3.05) is 0 Å². The topological polar surface area (TPSA) is 91.0 Å². The van der Waals surface area contributed by atoms with Crippen molar-refractivity contribution < 1.29 is 9.53 Å². The van der Waals surface area contributed by atoms with E-state index in [4.69, 9.17) is 4.74 Å². The summed E-state index contributed by atoms with van der Waals surface area (Å²) in [6, 6.07) is 16.4. The molecule has 34 heavy (non-hydrogen) atoms. The van der Waals surface area contributed by atoms with Crippen molar-refractivity contribution in [3.05, 3.63) is 81.9 Å². The smallest absolute Gasteiger partial charge is 0.278 e. The number of nitrogens with zero attached hydrogens (tertiary/aromatic N) is 4. The molecule has 0 aliphatic heterocycles. The molecule has 1 amide bonds. The van der Waals surface area contributed by atoms with Gasteiger partial charge in [-0.1, -0.05) is 30.3 Å². The Morgan fingerprint density at radius 3 is 2.32 bits per heavy atom. The predicted octanol–water partition coefficient (Wildman–Crippen LogP) is 3.86. The molecule has 0 radical (unpaired) electrons. The van der Waals surface area contributed by atoms with Gasteiger partial charge in [0.1, 0.15) is 17.3 Å². The summed E-state index contributed by atoms with van der Waals surface area (Å²) in [5.41, 5.74) is 3.30. The fraction of sp³-hybridized carbons (Fsp3) is 0.308. The van der Waals surface area contributed by atoms with Crippen molar-refractivity contribution in [1.82, 2.24) is 24.9 Å². The number of para-hydroxylation sites is 1. The zero-order chi connectivity index (χ0) is 24.4. The van der Waals surface area contributed by atoms with Crippen LogP contribution < -0.4 is 15.6 Å². The summed E-state index contributed by atoms with van der Waals surface area (Å²) in [5, 5.41) is 12.4. The summed E-state index contributed by atoms with van der Waals surface area (Å²) in [7, 11) is 0. The minimum absolute atomic E-state index is 0.0986. The number of carbonyl (C=O) groups is 1. The summed E-state index contributed by atoms with van der Waals surface area (Å²) in [6.45, 7) is 9.60. The van der Waals surface area contributed by atoms with Gasteiger partial charge in [-0.05, 0) is 64.4 Å². The van der Waals surface area contributed by atoms with Gasteiger partial charge in [-0.2, -0.15) is 10.2 Å². The summed E-state index contributed by atoms with van der Waals surface area (Å²) in [5.74, 6) is 0.494. The van der Waals surface area contributed by atoms with E-state index in [1.165, 1.54) is 4.68 Å². The standard InChI is InChI=1S/C26H29N5O3/c1-16(2)34-22-13-11-20(12-14-22)15-27-25(32)19(5)31-26(33)23-18(4)30(21-9-7-6-8-10-21)29-24(23)17(3)28-31/h6-14,16,19H,15H2,1-5H3,(H,27,32). The van der Waals surface area contributed by atoms with E-state index < -0.39 is 6.04 Å². The summed E-state index contributed by atoms with van der Waals surface area (Å²) in [4.78, 5) is 26.2. The molecule has 2 heterocycles. The zero-order valence-electron chi connectivity index (χ0n) is 20.1. The van der Waals surface area contributed by atoms with Crippen LogP contribution in [0.4, 0.5) is 0 Å². The summed E-state index contributed by atoms with van der Waals surface area (Å²) >= 11 is 0. The molecule has 0 spiro atoms. The molecule has 176 valence electrons. The minimum Gasteiger partial charge on any atom is -0.491 e. The first-order chi connectivity index (χ1) is 16.3. The van der Waals surface area contributed by atoms with E-state index in [2.05, 4.69) is 15.5 Å². The molecule has 0 saturated heterocycles.